The topological polar surface area (TPSA) is 84.9 Å². The Morgan fingerprint density at radius 3 is 2.34 bits per heavy atom. The van der Waals surface area contributed by atoms with Gasteiger partial charge in [-0.25, -0.2) is 4.79 Å². The van der Waals surface area contributed by atoms with Crippen LogP contribution < -0.4 is 11.2 Å². The molecule has 0 amide bonds. The predicted octanol–water partition coefficient (Wildman–Crippen LogP) is 4.99. The number of ketones is 1. The molecule has 0 aliphatic rings. The molecule has 0 N–H and O–H groups in total. The molecule has 0 spiro atoms. The number of Topliss-reactive ketones (excluding diaryl/α,β-unsaturated/α-hetero) is 1. The minimum atomic E-state index is -0.662. The minimum Gasteiger partial charge on any atom is -0.297 e. The molecule has 0 radical (unpaired) electrons. The maximum atomic E-state index is 13.5. The van der Waals surface area contributed by atoms with Gasteiger partial charge in [-0.05, 0) is 35.2 Å². The van der Waals surface area contributed by atoms with Crippen LogP contribution >= 0.6 is 11.3 Å². The summed E-state index contributed by atoms with van der Waals surface area (Å²) in [6.07, 6.45) is 0.751. The summed E-state index contributed by atoms with van der Waals surface area (Å²) in [5, 5.41) is 9.87. The molecule has 35 heavy (non-hydrogen) atoms. The van der Waals surface area contributed by atoms with Crippen molar-refractivity contribution in [2.75, 3.05) is 0 Å². The molecular formula is C28H27N3O3S. The van der Waals surface area contributed by atoms with E-state index in [1.54, 1.807) is 31.4 Å². The standard InChI is InChI=1S/C28H27N3O3S/c1-5-21-14-23-25(33)30(17-24(32)28(2,3)4)27(34)31(26(23)35-21)16-18-10-12-19(13-11-18)22-9-7-6-8-20(22)15-29/h6-14H,5,16-17H2,1-4H3. The maximum Gasteiger partial charge on any atom is 0.332 e. The van der Waals surface area contributed by atoms with Crippen LogP contribution in [0.25, 0.3) is 21.3 Å². The molecule has 0 unspecified atom stereocenters. The number of carbonyl (C=O) groups is 1. The van der Waals surface area contributed by atoms with Gasteiger partial charge >= 0.3 is 5.69 Å². The van der Waals surface area contributed by atoms with Crippen LogP contribution in [0.15, 0.2) is 64.2 Å². The zero-order valence-electron chi connectivity index (χ0n) is 20.3. The molecule has 0 bridgehead atoms. The molecule has 2 aromatic heterocycles. The molecule has 7 heteroatoms. The van der Waals surface area contributed by atoms with E-state index in [4.69, 9.17) is 0 Å². The fourth-order valence-corrected chi connectivity index (χ4v) is 4.97. The molecule has 6 nitrogen and oxygen atoms in total. The van der Waals surface area contributed by atoms with Crippen molar-refractivity contribution in [2.45, 2.75) is 47.2 Å². The number of rotatable bonds is 6. The molecule has 4 rings (SSSR count). The lowest BCUT2D eigenvalue weighted by Crippen LogP contribution is -2.43. The molecule has 0 saturated heterocycles. The normalized spacial score (nSPS) is 11.5. The minimum absolute atomic E-state index is 0.172. The highest BCUT2D eigenvalue weighted by molar-refractivity contribution is 7.18. The van der Waals surface area contributed by atoms with Crippen LogP contribution in [-0.4, -0.2) is 14.9 Å². The maximum absolute atomic E-state index is 13.5. The molecule has 178 valence electrons. The van der Waals surface area contributed by atoms with Crippen LogP contribution in [0.1, 0.15) is 43.7 Å². The summed E-state index contributed by atoms with van der Waals surface area (Å²) in [7, 11) is 0. The van der Waals surface area contributed by atoms with Gasteiger partial charge in [-0.15, -0.1) is 11.3 Å². The Kier molecular flexibility index (Phi) is 6.60. The Hall–Kier alpha value is -3.76. The molecule has 0 saturated carbocycles. The average Bonchev–Trinajstić information content (AvgIpc) is 3.29. The van der Waals surface area contributed by atoms with Gasteiger partial charge in [0.05, 0.1) is 30.1 Å². The number of hydrogen-bond donors (Lipinski definition) is 0. The summed E-state index contributed by atoms with van der Waals surface area (Å²) in [4.78, 5) is 41.0. The van der Waals surface area contributed by atoms with Crippen molar-refractivity contribution in [3.63, 3.8) is 0 Å². The Morgan fingerprint density at radius 2 is 1.71 bits per heavy atom. The van der Waals surface area contributed by atoms with Crippen molar-refractivity contribution < 1.29 is 4.79 Å². The van der Waals surface area contributed by atoms with Crippen molar-refractivity contribution in [3.8, 4) is 17.2 Å². The number of fused-ring (bicyclic) bond motifs is 1. The van der Waals surface area contributed by atoms with Gasteiger partial charge in [-0.3, -0.25) is 18.7 Å². The van der Waals surface area contributed by atoms with E-state index >= 15 is 0 Å². The van der Waals surface area contributed by atoms with Crippen molar-refractivity contribution in [1.29, 1.82) is 5.26 Å². The van der Waals surface area contributed by atoms with E-state index < -0.39 is 16.7 Å². The highest BCUT2D eigenvalue weighted by atomic mass is 32.1. The number of thiophene rings is 1. The lowest BCUT2D eigenvalue weighted by Gasteiger charge is -2.18. The van der Waals surface area contributed by atoms with Crippen LogP contribution in [-0.2, 0) is 24.3 Å². The lowest BCUT2D eigenvalue weighted by molar-refractivity contribution is -0.127. The van der Waals surface area contributed by atoms with E-state index in [0.29, 0.717) is 15.8 Å². The number of benzene rings is 2. The van der Waals surface area contributed by atoms with E-state index in [-0.39, 0.29) is 18.9 Å². The SMILES string of the molecule is CCc1cc2c(=O)n(CC(=O)C(C)(C)C)c(=O)n(Cc3ccc(-c4ccccc4C#N)cc3)c2s1. The third-order valence-corrected chi connectivity index (χ3v) is 7.39. The number of carbonyl (C=O) groups excluding carboxylic acids is 1. The Morgan fingerprint density at radius 1 is 1.03 bits per heavy atom. The lowest BCUT2D eigenvalue weighted by atomic mass is 9.91. The monoisotopic (exact) mass is 485 g/mol. The van der Waals surface area contributed by atoms with Gasteiger partial charge in [0.1, 0.15) is 4.83 Å². The van der Waals surface area contributed by atoms with Gasteiger partial charge in [-0.1, -0.05) is 70.2 Å². The van der Waals surface area contributed by atoms with Gasteiger partial charge in [0.2, 0.25) is 0 Å². The first-order chi connectivity index (χ1) is 16.6. The van der Waals surface area contributed by atoms with Crippen LogP contribution in [0.5, 0.6) is 0 Å². The molecule has 0 atom stereocenters. The van der Waals surface area contributed by atoms with Gasteiger partial charge in [-0.2, -0.15) is 5.26 Å². The molecule has 2 aromatic carbocycles. The summed E-state index contributed by atoms with van der Waals surface area (Å²) in [6.45, 7) is 7.36. The smallest absolute Gasteiger partial charge is 0.297 e. The molecule has 0 aliphatic heterocycles. The number of hydrogen-bond acceptors (Lipinski definition) is 5. The summed E-state index contributed by atoms with van der Waals surface area (Å²) < 4.78 is 2.66. The number of nitrogens with zero attached hydrogens (tertiary/aromatic N) is 3. The first kappa shape index (κ1) is 24.4. The van der Waals surface area contributed by atoms with E-state index in [1.165, 1.54) is 11.3 Å². The van der Waals surface area contributed by atoms with Crippen LogP contribution in [0, 0.1) is 16.7 Å². The third-order valence-electron chi connectivity index (χ3n) is 6.09. The average molecular weight is 486 g/mol. The summed E-state index contributed by atoms with van der Waals surface area (Å²) in [5.74, 6) is -0.172. The highest BCUT2D eigenvalue weighted by Gasteiger charge is 2.25. The van der Waals surface area contributed by atoms with Gasteiger partial charge in [0.15, 0.2) is 5.78 Å². The second-order valence-corrected chi connectivity index (χ2v) is 10.7. The third kappa shape index (κ3) is 4.75. The van der Waals surface area contributed by atoms with Gasteiger partial charge in [0.25, 0.3) is 5.56 Å². The second-order valence-electron chi connectivity index (χ2n) is 9.57. The second kappa shape index (κ2) is 9.47. The zero-order chi connectivity index (χ0) is 25.3. The molecule has 2 heterocycles. The van der Waals surface area contributed by atoms with Crippen molar-refractivity contribution in [3.05, 3.63) is 91.4 Å². The first-order valence-corrected chi connectivity index (χ1v) is 12.3. The van der Waals surface area contributed by atoms with Crippen molar-refractivity contribution in [2.24, 2.45) is 5.41 Å². The largest absolute Gasteiger partial charge is 0.332 e. The highest BCUT2D eigenvalue weighted by Crippen LogP contribution is 2.26. The number of aryl methyl sites for hydroxylation is 1. The summed E-state index contributed by atoms with van der Waals surface area (Å²) >= 11 is 1.44. The Balaban J connectivity index is 1.79. The quantitative estimate of drug-likeness (QED) is 0.385. The summed E-state index contributed by atoms with van der Waals surface area (Å²) in [6, 6.07) is 19.2. The first-order valence-electron chi connectivity index (χ1n) is 11.5. The fraction of sp³-hybridized carbons (Fsp3) is 0.286. The van der Waals surface area contributed by atoms with Crippen molar-refractivity contribution in [1.82, 2.24) is 9.13 Å². The molecular weight excluding hydrogens is 458 g/mol. The van der Waals surface area contributed by atoms with Gasteiger partial charge in [0, 0.05) is 10.3 Å². The van der Waals surface area contributed by atoms with Crippen molar-refractivity contribution >= 4 is 27.3 Å². The number of nitriles is 1. The van der Waals surface area contributed by atoms with Crippen LogP contribution in [0.2, 0.25) is 0 Å². The van der Waals surface area contributed by atoms with Crippen LogP contribution in [0.3, 0.4) is 0 Å². The Bertz CT molecular complexity index is 1580. The fourth-order valence-electron chi connectivity index (χ4n) is 3.89. The summed E-state index contributed by atoms with van der Waals surface area (Å²) in [5.41, 5.74) is 1.67. The van der Waals surface area contributed by atoms with E-state index in [9.17, 15) is 19.6 Å². The molecule has 0 fully saturated rings. The van der Waals surface area contributed by atoms with E-state index in [0.717, 1.165) is 32.6 Å². The molecule has 4 aromatic rings. The van der Waals surface area contributed by atoms with Crippen LogP contribution in [0.4, 0.5) is 0 Å². The zero-order valence-corrected chi connectivity index (χ0v) is 21.1. The van der Waals surface area contributed by atoms with E-state index in [2.05, 4.69) is 6.07 Å². The number of aromatic nitrogens is 2. The molecule has 0 aliphatic carbocycles. The predicted molar refractivity (Wildman–Crippen MR) is 140 cm³/mol. The Labute approximate surface area is 207 Å². The van der Waals surface area contributed by atoms with E-state index in [1.807, 2.05) is 55.5 Å². The van der Waals surface area contributed by atoms with Gasteiger partial charge < -0.3 is 0 Å².